The Balaban J connectivity index is 2.16. The van der Waals surface area contributed by atoms with Crippen molar-refractivity contribution in [3.8, 4) is 5.75 Å². The Labute approximate surface area is 120 Å². The minimum absolute atomic E-state index is 0.0543. The van der Waals surface area contributed by atoms with Gasteiger partial charge in [-0.3, -0.25) is 4.79 Å². The molecule has 0 unspecified atom stereocenters. The predicted octanol–water partition coefficient (Wildman–Crippen LogP) is 2.52. The number of nitrogens with zero attached hydrogens (tertiary/aromatic N) is 2. The summed E-state index contributed by atoms with van der Waals surface area (Å²) in [4.78, 5) is 14.2. The van der Waals surface area contributed by atoms with Gasteiger partial charge < -0.3 is 14.8 Å². The SMILES string of the molecule is COc1cc(Br)ccc1C(=O)N1CCC(=NO)CC1. The monoisotopic (exact) mass is 326 g/mol. The van der Waals surface area contributed by atoms with Crippen LogP contribution in [-0.2, 0) is 0 Å². The van der Waals surface area contributed by atoms with E-state index in [9.17, 15) is 4.79 Å². The van der Waals surface area contributed by atoms with Crippen LogP contribution in [-0.4, -0.2) is 41.9 Å². The van der Waals surface area contributed by atoms with Crippen molar-refractivity contribution in [1.82, 2.24) is 4.90 Å². The second-order valence-corrected chi connectivity index (χ2v) is 5.22. The van der Waals surface area contributed by atoms with Crippen molar-refractivity contribution < 1.29 is 14.7 Å². The number of piperidine rings is 1. The smallest absolute Gasteiger partial charge is 0.257 e. The Morgan fingerprint density at radius 3 is 2.68 bits per heavy atom. The second kappa shape index (κ2) is 6.06. The molecule has 6 heteroatoms. The van der Waals surface area contributed by atoms with Gasteiger partial charge in [-0.05, 0) is 18.2 Å². The van der Waals surface area contributed by atoms with E-state index in [2.05, 4.69) is 21.1 Å². The summed E-state index contributed by atoms with van der Waals surface area (Å²) in [6, 6.07) is 5.35. The lowest BCUT2D eigenvalue weighted by Gasteiger charge is -2.27. The maximum Gasteiger partial charge on any atom is 0.257 e. The van der Waals surface area contributed by atoms with Gasteiger partial charge in [0.25, 0.3) is 5.91 Å². The number of hydrogen-bond acceptors (Lipinski definition) is 4. The van der Waals surface area contributed by atoms with E-state index in [-0.39, 0.29) is 5.91 Å². The number of benzene rings is 1. The molecular formula is C13H15BrN2O3. The molecule has 1 amide bonds. The van der Waals surface area contributed by atoms with Crippen LogP contribution in [0.2, 0.25) is 0 Å². The molecule has 0 spiro atoms. The minimum Gasteiger partial charge on any atom is -0.496 e. The first kappa shape index (κ1) is 13.9. The number of carbonyl (C=O) groups is 1. The molecule has 0 saturated carbocycles. The van der Waals surface area contributed by atoms with E-state index in [4.69, 9.17) is 9.94 Å². The maximum absolute atomic E-state index is 12.4. The quantitative estimate of drug-likeness (QED) is 0.671. The van der Waals surface area contributed by atoms with E-state index in [0.29, 0.717) is 37.2 Å². The first-order valence-corrected chi connectivity index (χ1v) is 6.77. The Morgan fingerprint density at radius 1 is 1.42 bits per heavy atom. The molecule has 0 radical (unpaired) electrons. The summed E-state index contributed by atoms with van der Waals surface area (Å²) < 4.78 is 6.11. The van der Waals surface area contributed by atoms with E-state index < -0.39 is 0 Å². The molecule has 1 heterocycles. The maximum atomic E-state index is 12.4. The van der Waals surface area contributed by atoms with E-state index >= 15 is 0 Å². The van der Waals surface area contributed by atoms with Gasteiger partial charge >= 0.3 is 0 Å². The van der Waals surface area contributed by atoms with Crippen LogP contribution in [0, 0.1) is 0 Å². The number of likely N-dealkylation sites (tertiary alicyclic amines) is 1. The lowest BCUT2D eigenvalue weighted by Crippen LogP contribution is -2.38. The highest BCUT2D eigenvalue weighted by atomic mass is 79.9. The molecule has 1 aliphatic rings. The summed E-state index contributed by atoms with van der Waals surface area (Å²) in [7, 11) is 1.55. The lowest BCUT2D eigenvalue weighted by atomic mass is 10.1. The number of amides is 1. The highest BCUT2D eigenvalue weighted by molar-refractivity contribution is 9.10. The zero-order chi connectivity index (χ0) is 13.8. The third kappa shape index (κ3) is 3.07. The highest BCUT2D eigenvalue weighted by Crippen LogP contribution is 2.25. The first-order chi connectivity index (χ1) is 9.15. The average molecular weight is 327 g/mol. The van der Waals surface area contributed by atoms with Gasteiger partial charge in [-0.1, -0.05) is 21.1 Å². The normalized spacial score (nSPS) is 15.3. The molecule has 102 valence electrons. The summed E-state index contributed by atoms with van der Waals surface area (Å²) in [5, 5.41) is 11.9. The van der Waals surface area contributed by atoms with Gasteiger partial charge in [0.05, 0.1) is 18.4 Å². The van der Waals surface area contributed by atoms with Crippen molar-refractivity contribution in [1.29, 1.82) is 0 Å². The van der Waals surface area contributed by atoms with Crippen LogP contribution < -0.4 is 4.74 Å². The van der Waals surface area contributed by atoms with Crippen molar-refractivity contribution in [2.45, 2.75) is 12.8 Å². The number of hydrogen-bond donors (Lipinski definition) is 1. The van der Waals surface area contributed by atoms with Gasteiger partial charge in [0.1, 0.15) is 5.75 Å². The fourth-order valence-corrected chi connectivity index (χ4v) is 2.42. The van der Waals surface area contributed by atoms with Crippen LogP contribution in [0.4, 0.5) is 0 Å². The average Bonchev–Trinajstić information content (AvgIpc) is 2.46. The van der Waals surface area contributed by atoms with Gasteiger partial charge in [0.2, 0.25) is 0 Å². The number of oxime groups is 1. The van der Waals surface area contributed by atoms with Crippen LogP contribution in [0.1, 0.15) is 23.2 Å². The standard InChI is InChI=1S/C13H15BrN2O3/c1-19-12-8-9(14)2-3-11(12)13(17)16-6-4-10(15-18)5-7-16/h2-3,8,18H,4-7H2,1H3. The number of halogens is 1. The number of rotatable bonds is 2. The molecule has 1 aromatic carbocycles. The molecule has 1 saturated heterocycles. The summed E-state index contributed by atoms with van der Waals surface area (Å²) >= 11 is 3.35. The van der Waals surface area contributed by atoms with Crippen LogP contribution in [0.25, 0.3) is 0 Å². The molecule has 19 heavy (non-hydrogen) atoms. The molecule has 0 aliphatic carbocycles. The van der Waals surface area contributed by atoms with E-state index in [0.717, 1.165) is 10.2 Å². The summed E-state index contributed by atoms with van der Waals surface area (Å²) in [5.74, 6) is 0.502. The number of methoxy groups -OCH3 is 1. The zero-order valence-electron chi connectivity index (χ0n) is 10.6. The molecule has 5 nitrogen and oxygen atoms in total. The third-order valence-corrected chi connectivity index (χ3v) is 3.66. The van der Waals surface area contributed by atoms with Crippen molar-refractivity contribution >= 4 is 27.5 Å². The van der Waals surface area contributed by atoms with Crippen LogP contribution in [0.15, 0.2) is 27.8 Å². The Hall–Kier alpha value is -1.56. The largest absolute Gasteiger partial charge is 0.496 e. The van der Waals surface area contributed by atoms with Gasteiger partial charge in [-0.2, -0.15) is 0 Å². The summed E-state index contributed by atoms with van der Waals surface area (Å²) in [6.07, 6.45) is 1.22. The molecule has 0 atom stereocenters. The van der Waals surface area contributed by atoms with E-state index in [1.54, 1.807) is 24.1 Å². The highest BCUT2D eigenvalue weighted by Gasteiger charge is 2.23. The Bertz CT molecular complexity index is 507. The summed E-state index contributed by atoms with van der Waals surface area (Å²) in [6.45, 7) is 1.13. The van der Waals surface area contributed by atoms with E-state index in [1.807, 2.05) is 6.07 Å². The van der Waals surface area contributed by atoms with Gasteiger partial charge in [-0.25, -0.2) is 0 Å². The third-order valence-electron chi connectivity index (χ3n) is 3.16. The molecule has 2 rings (SSSR count). The molecule has 1 aromatic rings. The van der Waals surface area contributed by atoms with Crippen molar-refractivity contribution in [2.24, 2.45) is 5.16 Å². The zero-order valence-corrected chi connectivity index (χ0v) is 12.2. The van der Waals surface area contributed by atoms with Gasteiger partial charge in [0.15, 0.2) is 0 Å². The van der Waals surface area contributed by atoms with Crippen molar-refractivity contribution in [2.75, 3.05) is 20.2 Å². The second-order valence-electron chi connectivity index (χ2n) is 4.30. The van der Waals surface area contributed by atoms with Crippen molar-refractivity contribution in [3.63, 3.8) is 0 Å². The van der Waals surface area contributed by atoms with Crippen LogP contribution >= 0.6 is 15.9 Å². The van der Waals surface area contributed by atoms with Crippen LogP contribution in [0.5, 0.6) is 5.75 Å². The van der Waals surface area contributed by atoms with Crippen LogP contribution in [0.3, 0.4) is 0 Å². The summed E-state index contributed by atoms with van der Waals surface area (Å²) in [5.41, 5.74) is 1.29. The van der Waals surface area contributed by atoms with Gasteiger partial charge in [0, 0.05) is 30.4 Å². The fraction of sp³-hybridized carbons (Fsp3) is 0.385. The number of ether oxygens (including phenoxy) is 1. The minimum atomic E-state index is -0.0543. The number of carbonyl (C=O) groups excluding carboxylic acids is 1. The molecule has 1 fully saturated rings. The molecule has 1 N–H and O–H groups in total. The predicted molar refractivity (Wildman–Crippen MR) is 75.1 cm³/mol. The van der Waals surface area contributed by atoms with Gasteiger partial charge in [-0.15, -0.1) is 0 Å². The van der Waals surface area contributed by atoms with E-state index in [1.165, 1.54) is 0 Å². The molecule has 0 aromatic heterocycles. The molecule has 1 aliphatic heterocycles. The first-order valence-electron chi connectivity index (χ1n) is 5.98. The topological polar surface area (TPSA) is 62.1 Å². The lowest BCUT2D eigenvalue weighted by molar-refractivity contribution is 0.0750. The fourth-order valence-electron chi connectivity index (χ4n) is 2.08. The van der Waals surface area contributed by atoms with Crippen molar-refractivity contribution in [3.05, 3.63) is 28.2 Å². The Morgan fingerprint density at radius 2 is 2.11 bits per heavy atom. The Kier molecular flexibility index (Phi) is 4.42. The molecular weight excluding hydrogens is 312 g/mol. The molecule has 0 bridgehead atoms.